The van der Waals surface area contributed by atoms with Crippen LogP contribution in [0.25, 0.3) is 0 Å². The zero-order valence-corrected chi connectivity index (χ0v) is 13.7. The fourth-order valence-electron chi connectivity index (χ4n) is 3.42. The zero-order chi connectivity index (χ0) is 14.2. The van der Waals surface area contributed by atoms with Gasteiger partial charge in [0.1, 0.15) is 0 Å². The number of hydrogen-bond donors (Lipinski definition) is 0. The first-order chi connectivity index (χ1) is 9.83. The van der Waals surface area contributed by atoms with E-state index in [9.17, 15) is 0 Å². The molecule has 0 nitrogen and oxygen atoms in total. The van der Waals surface area contributed by atoms with Crippen LogP contribution in [0.4, 0.5) is 0 Å². The van der Waals surface area contributed by atoms with Crippen LogP contribution in [-0.4, -0.2) is 0 Å². The van der Waals surface area contributed by atoms with E-state index in [4.69, 9.17) is 11.6 Å². The molecule has 1 aromatic carbocycles. The maximum Gasteiger partial charge on any atom is 0.0619 e. The molecular formula is C19H29Cl. The second-order valence-corrected chi connectivity index (χ2v) is 6.80. The van der Waals surface area contributed by atoms with Gasteiger partial charge in [-0.05, 0) is 29.9 Å². The summed E-state index contributed by atoms with van der Waals surface area (Å²) in [5, 5.41) is 0.260. The van der Waals surface area contributed by atoms with E-state index in [1.165, 1.54) is 75.3 Å². The Hall–Kier alpha value is -0.490. The lowest BCUT2D eigenvalue weighted by Gasteiger charge is -2.13. The Bertz CT molecular complexity index is 385. The first-order valence-corrected chi connectivity index (χ1v) is 8.98. The molecule has 0 N–H and O–H groups in total. The van der Waals surface area contributed by atoms with Gasteiger partial charge in [-0.2, -0.15) is 0 Å². The van der Waals surface area contributed by atoms with Crippen molar-refractivity contribution in [1.29, 1.82) is 0 Å². The van der Waals surface area contributed by atoms with Gasteiger partial charge in [-0.15, -0.1) is 11.6 Å². The largest absolute Gasteiger partial charge is 0.117 e. The van der Waals surface area contributed by atoms with Gasteiger partial charge in [0.15, 0.2) is 0 Å². The number of fused-ring (bicyclic) bond motifs is 1. The second-order valence-electron chi connectivity index (χ2n) is 6.33. The molecule has 20 heavy (non-hydrogen) atoms. The molecule has 0 saturated carbocycles. The van der Waals surface area contributed by atoms with Crippen LogP contribution in [0.1, 0.15) is 81.2 Å². The quantitative estimate of drug-likeness (QED) is 0.352. The lowest BCUT2D eigenvalue weighted by atomic mass is 9.97. The Kier molecular flexibility index (Phi) is 6.93. The molecule has 1 heteroatoms. The van der Waals surface area contributed by atoms with Crippen molar-refractivity contribution < 1.29 is 0 Å². The number of halogens is 1. The van der Waals surface area contributed by atoms with Crippen molar-refractivity contribution in [3.8, 4) is 0 Å². The van der Waals surface area contributed by atoms with Crippen molar-refractivity contribution in [1.82, 2.24) is 0 Å². The summed E-state index contributed by atoms with van der Waals surface area (Å²) < 4.78 is 0. The SMILES string of the molecule is CCCCCCCCCCC1Cc2ccccc2C1Cl. The number of alkyl halides is 1. The third-order valence-corrected chi connectivity index (χ3v) is 5.27. The van der Waals surface area contributed by atoms with Crippen molar-refractivity contribution in [2.75, 3.05) is 0 Å². The molecule has 0 fully saturated rings. The van der Waals surface area contributed by atoms with Crippen LogP contribution in [-0.2, 0) is 6.42 Å². The highest BCUT2D eigenvalue weighted by atomic mass is 35.5. The van der Waals surface area contributed by atoms with Crippen LogP contribution >= 0.6 is 11.6 Å². The van der Waals surface area contributed by atoms with E-state index in [-0.39, 0.29) is 5.38 Å². The van der Waals surface area contributed by atoms with E-state index in [2.05, 4.69) is 31.2 Å². The summed E-state index contributed by atoms with van der Waals surface area (Å²) in [6.45, 7) is 2.28. The highest BCUT2D eigenvalue weighted by molar-refractivity contribution is 6.21. The highest BCUT2D eigenvalue weighted by Gasteiger charge is 2.29. The Morgan fingerprint density at radius 2 is 1.60 bits per heavy atom. The van der Waals surface area contributed by atoms with Gasteiger partial charge in [-0.1, -0.05) is 82.6 Å². The molecule has 2 atom stereocenters. The highest BCUT2D eigenvalue weighted by Crippen LogP contribution is 2.43. The number of benzene rings is 1. The average Bonchev–Trinajstić information content (AvgIpc) is 2.79. The van der Waals surface area contributed by atoms with Gasteiger partial charge in [-0.3, -0.25) is 0 Å². The molecule has 1 aliphatic carbocycles. The first kappa shape index (κ1) is 15.9. The van der Waals surface area contributed by atoms with Crippen LogP contribution in [0.5, 0.6) is 0 Å². The van der Waals surface area contributed by atoms with Crippen LogP contribution in [0.3, 0.4) is 0 Å². The van der Waals surface area contributed by atoms with Crippen molar-refractivity contribution in [2.24, 2.45) is 5.92 Å². The first-order valence-electron chi connectivity index (χ1n) is 8.54. The minimum absolute atomic E-state index is 0.260. The van der Waals surface area contributed by atoms with E-state index in [1.54, 1.807) is 0 Å². The number of unbranched alkanes of at least 4 members (excludes halogenated alkanes) is 7. The Balaban J connectivity index is 1.58. The van der Waals surface area contributed by atoms with E-state index in [1.807, 2.05) is 0 Å². The van der Waals surface area contributed by atoms with Crippen LogP contribution in [0.15, 0.2) is 24.3 Å². The van der Waals surface area contributed by atoms with Crippen LogP contribution in [0.2, 0.25) is 0 Å². The van der Waals surface area contributed by atoms with Gasteiger partial charge in [0.05, 0.1) is 5.38 Å². The standard InChI is InChI=1S/C19H29Cl/c1-2-3-4-5-6-7-8-9-13-17-15-16-12-10-11-14-18(16)19(17)20/h10-12,14,17,19H,2-9,13,15H2,1H3. The molecule has 0 heterocycles. The molecule has 2 unspecified atom stereocenters. The third-order valence-electron chi connectivity index (χ3n) is 4.68. The summed E-state index contributed by atoms with van der Waals surface area (Å²) in [5.41, 5.74) is 2.87. The Labute approximate surface area is 129 Å². The molecule has 0 bridgehead atoms. The summed E-state index contributed by atoms with van der Waals surface area (Å²) >= 11 is 6.61. The predicted molar refractivity (Wildman–Crippen MR) is 89.5 cm³/mol. The molecule has 112 valence electrons. The smallest absolute Gasteiger partial charge is 0.0619 e. The fourth-order valence-corrected chi connectivity index (χ4v) is 3.85. The fraction of sp³-hybridized carbons (Fsp3) is 0.684. The molecule has 0 saturated heterocycles. The molecule has 2 rings (SSSR count). The third kappa shape index (κ3) is 4.52. The molecule has 0 aromatic heterocycles. The van der Waals surface area contributed by atoms with Gasteiger partial charge < -0.3 is 0 Å². The summed E-state index contributed by atoms with van der Waals surface area (Å²) in [6, 6.07) is 8.72. The molecule has 0 amide bonds. The molecule has 0 aliphatic heterocycles. The molecule has 1 aromatic rings. The average molecular weight is 293 g/mol. The van der Waals surface area contributed by atoms with Crippen molar-refractivity contribution in [2.45, 2.75) is 76.5 Å². The summed E-state index contributed by atoms with van der Waals surface area (Å²) in [6.07, 6.45) is 13.7. The Morgan fingerprint density at radius 1 is 0.950 bits per heavy atom. The van der Waals surface area contributed by atoms with Crippen LogP contribution < -0.4 is 0 Å². The normalized spacial score (nSPS) is 21.1. The van der Waals surface area contributed by atoms with Gasteiger partial charge in [0.2, 0.25) is 0 Å². The topological polar surface area (TPSA) is 0 Å². The maximum absolute atomic E-state index is 6.61. The van der Waals surface area contributed by atoms with Crippen LogP contribution in [0, 0.1) is 5.92 Å². The van der Waals surface area contributed by atoms with Crippen molar-refractivity contribution >= 4 is 11.6 Å². The lowest BCUT2D eigenvalue weighted by Crippen LogP contribution is -2.02. The van der Waals surface area contributed by atoms with E-state index in [0.717, 1.165) is 0 Å². The van der Waals surface area contributed by atoms with Gasteiger partial charge in [-0.25, -0.2) is 0 Å². The summed E-state index contributed by atoms with van der Waals surface area (Å²) in [5.74, 6) is 0.675. The lowest BCUT2D eigenvalue weighted by molar-refractivity contribution is 0.459. The van der Waals surface area contributed by atoms with Crippen molar-refractivity contribution in [3.63, 3.8) is 0 Å². The monoisotopic (exact) mass is 292 g/mol. The Morgan fingerprint density at radius 3 is 2.30 bits per heavy atom. The molecular weight excluding hydrogens is 264 g/mol. The zero-order valence-electron chi connectivity index (χ0n) is 12.9. The number of rotatable bonds is 9. The van der Waals surface area contributed by atoms with Crippen molar-refractivity contribution in [3.05, 3.63) is 35.4 Å². The predicted octanol–water partition coefficient (Wildman–Crippen LogP) is 6.67. The van der Waals surface area contributed by atoms with Gasteiger partial charge >= 0.3 is 0 Å². The van der Waals surface area contributed by atoms with E-state index in [0.29, 0.717) is 5.92 Å². The number of hydrogen-bond acceptors (Lipinski definition) is 0. The summed E-state index contributed by atoms with van der Waals surface area (Å²) in [4.78, 5) is 0. The van der Waals surface area contributed by atoms with E-state index < -0.39 is 0 Å². The van der Waals surface area contributed by atoms with Gasteiger partial charge in [0, 0.05) is 0 Å². The minimum atomic E-state index is 0.260. The molecule has 0 spiro atoms. The molecule has 0 radical (unpaired) electrons. The summed E-state index contributed by atoms with van der Waals surface area (Å²) in [7, 11) is 0. The van der Waals surface area contributed by atoms with E-state index >= 15 is 0 Å². The second kappa shape index (κ2) is 8.72. The minimum Gasteiger partial charge on any atom is -0.117 e. The maximum atomic E-state index is 6.61. The van der Waals surface area contributed by atoms with Gasteiger partial charge in [0.25, 0.3) is 0 Å². The molecule has 1 aliphatic rings.